The van der Waals surface area contributed by atoms with Gasteiger partial charge in [-0.1, -0.05) is 27.2 Å². The van der Waals surface area contributed by atoms with Crippen molar-refractivity contribution in [1.29, 1.82) is 0 Å². The Morgan fingerprint density at radius 2 is 2.11 bits per heavy atom. The fraction of sp³-hybridized carbons (Fsp3) is 0.733. The molecule has 1 fully saturated rings. The van der Waals surface area contributed by atoms with Gasteiger partial charge in [0.15, 0.2) is 0 Å². The van der Waals surface area contributed by atoms with Gasteiger partial charge in [0.25, 0.3) is 0 Å². The lowest BCUT2D eigenvalue weighted by Crippen LogP contribution is -2.33. The van der Waals surface area contributed by atoms with E-state index in [9.17, 15) is 0 Å². The minimum absolute atomic E-state index is 0.374. The minimum atomic E-state index is 0.374. The average molecular weight is 247 g/mol. The molecule has 1 heterocycles. The molecule has 3 heteroatoms. The summed E-state index contributed by atoms with van der Waals surface area (Å²) in [6, 6.07) is 0.374. The maximum atomic E-state index is 4.49. The summed E-state index contributed by atoms with van der Waals surface area (Å²) in [6.45, 7) is 7.92. The summed E-state index contributed by atoms with van der Waals surface area (Å²) in [5.74, 6) is 2.39. The van der Waals surface area contributed by atoms with E-state index in [1.807, 2.05) is 6.20 Å². The Bertz CT molecular complexity index is 352. The monoisotopic (exact) mass is 247 g/mol. The molecule has 1 aromatic rings. The third-order valence-electron chi connectivity index (χ3n) is 4.44. The molecule has 4 unspecified atom stereocenters. The third-order valence-corrected chi connectivity index (χ3v) is 4.44. The van der Waals surface area contributed by atoms with Gasteiger partial charge in [-0.25, -0.2) is 0 Å². The van der Waals surface area contributed by atoms with E-state index in [4.69, 9.17) is 0 Å². The van der Waals surface area contributed by atoms with Crippen molar-refractivity contribution in [2.24, 2.45) is 17.8 Å². The van der Waals surface area contributed by atoms with Gasteiger partial charge >= 0.3 is 0 Å². The Labute approximate surface area is 110 Å². The molecule has 0 aliphatic heterocycles. The van der Waals surface area contributed by atoms with E-state index in [1.54, 1.807) is 12.4 Å². The standard InChI is InChI=1S/C15H25N3/c1-4-17-15(14-10-16-7-8-18-14)13-6-5-11(2)12(3)9-13/h7-8,10-13,15,17H,4-6,9H2,1-3H3. The summed E-state index contributed by atoms with van der Waals surface area (Å²) in [4.78, 5) is 8.71. The van der Waals surface area contributed by atoms with Crippen LogP contribution in [-0.2, 0) is 0 Å². The van der Waals surface area contributed by atoms with Crippen molar-refractivity contribution >= 4 is 0 Å². The smallest absolute Gasteiger partial charge is 0.0758 e. The fourth-order valence-electron chi connectivity index (χ4n) is 3.10. The lowest BCUT2D eigenvalue weighted by Gasteiger charge is -2.36. The summed E-state index contributed by atoms with van der Waals surface area (Å²) in [6.07, 6.45) is 9.41. The first-order valence-electron chi connectivity index (χ1n) is 7.21. The first-order chi connectivity index (χ1) is 8.72. The first-order valence-corrected chi connectivity index (χ1v) is 7.21. The molecule has 2 rings (SSSR count). The molecular weight excluding hydrogens is 222 g/mol. The molecule has 1 saturated carbocycles. The Balaban J connectivity index is 2.11. The van der Waals surface area contributed by atoms with Crippen LogP contribution in [-0.4, -0.2) is 16.5 Å². The highest BCUT2D eigenvalue weighted by Crippen LogP contribution is 2.39. The molecule has 3 nitrogen and oxygen atoms in total. The van der Waals surface area contributed by atoms with Crippen LogP contribution in [0.3, 0.4) is 0 Å². The lowest BCUT2D eigenvalue weighted by atomic mass is 9.72. The zero-order valence-electron chi connectivity index (χ0n) is 11.8. The largest absolute Gasteiger partial charge is 0.309 e. The Kier molecular flexibility index (Phi) is 4.70. The second-order valence-electron chi connectivity index (χ2n) is 5.69. The van der Waals surface area contributed by atoms with Crippen molar-refractivity contribution in [1.82, 2.24) is 15.3 Å². The van der Waals surface area contributed by atoms with Gasteiger partial charge in [0.05, 0.1) is 11.7 Å². The zero-order chi connectivity index (χ0) is 13.0. The van der Waals surface area contributed by atoms with Gasteiger partial charge in [-0.3, -0.25) is 9.97 Å². The van der Waals surface area contributed by atoms with Gasteiger partial charge in [-0.2, -0.15) is 0 Å². The molecule has 1 aromatic heterocycles. The van der Waals surface area contributed by atoms with Crippen LogP contribution in [0.5, 0.6) is 0 Å². The molecule has 0 bridgehead atoms. The van der Waals surface area contributed by atoms with Crippen molar-refractivity contribution < 1.29 is 0 Å². The summed E-state index contributed by atoms with van der Waals surface area (Å²) in [7, 11) is 0. The fourth-order valence-corrected chi connectivity index (χ4v) is 3.10. The molecule has 0 spiro atoms. The first kappa shape index (κ1) is 13.5. The predicted molar refractivity (Wildman–Crippen MR) is 74.1 cm³/mol. The maximum Gasteiger partial charge on any atom is 0.0758 e. The van der Waals surface area contributed by atoms with E-state index >= 15 is 0 Å². The van der Waals surface area contributed by atoms with Gasteiger partial charge in [0, 0.05) is 18.6 Å². The van der Waals surface area contributed by atoms with Crippen molar-refractivity contribution in [3.05, 3.63) is 24.3 Å². The quantitative estimate of drug-likeness (QED) is 0.888. The van der Waals surface area contributed by atoms with Crippen LogP contribution in [0.2, 0.25) is 0 Å². The van der Waals surface area contributed by atoms with Crippen LogP contribution in [0.25, 0.3) is 0 Å². The molecule has 0 radical (unpaired) electrons. The number of hydrogen-bond donors (Lipinski definition) is 1. The van der Waals surface area contributed by atoms with Crippen LogP contribution >= 0.6 is 0 Å². The molecule has 1 aliphatic rings. The average Bonchev–Trinajstić information content (AvgIpc) is 2.40. The summed E-state index contributed by atoms with van der Waals surface area (Å²) in [5.41, 5.74) is 1.10. The molecule has 1 aliphatic carbocycles. The van der Waals surface area contributed by atoms with E-state index in [0.29, 0.717) is 12.0 Å². The maximum absolute atomic E-state index is 4.49. The predicted octanol–water partition coefficient (Wildman–Crippen LogP) is 3.20. The summed E-state index contributed by atoms with van der Waals surface area (Å²) >= 11 is 0. The molecule has 0 saturated heterocycles. The lowest BCUT2D eigenvalue weighted by molar-refractivity contribution is 0.170. The van der Waals surface area contributed by atoms with E-state index in [0.717, 1.165) is 24.1 Å². The zero-order valence-corrected chi connectivity index (χ0v) is 11.8. The second-order valence-corrected chi connectivity index (χ2v) is 5.69. The van der Waals surface area contributed by atoms with Crippen LogP contribution < -0.4 is 5.32 Å². The Morgan fingerprint density at radius 3 is 2.72 bits per heavy atom. The molecule has 100 valence electrons. The molecular formula is C15H25N3. The number of aromatic nitrogens is 2. The van der Waals surface area contributed by atoms with Crippen molar-refractivity contribution in [2.75, 3.05) is 6.54 Å². The van der Waals surface area contributed by atoms with Gasteiger partial charge in [-0.15, -0.1) is 0 Å². The van der Waals surface area contributed by atoms with Crippen molar-refractivity contribution in [2.45, 2.75) is 46.1 Å². The minimum Gasteiger partial charge on any atom is -0.309 e. The highest BCUT2D eigenvalue weighted by Gasteiger charge is 2.31. The van der Waals surface area contributed by atoms with Crippen LogP contribution in [0.1, 0.15) is 51.8 Å². The number of nitrogens with one attached hydrogen (secondary N) is 1. The number of hydrogen-bond acceptors (Lipinski definition) is 3. The number of rotatable bonds is 4. The molecule has 0 aromatic carbocycles. The SMILES string of the molecule is CCNC(c1cnccn1)C1CCC(C)C(C)C1. The van der Waals surface area contributed by atoms with E-state index in [2.05, 4.69) is 36.1 Å². The van der Waals surface area contributed by atoms with Gasteiger partial charge in [-0.05, 0) is 37.1 Å². The molecule has 18 heavy (non-hydrogen) atoms. The molecule has 1 N–H and O–H groups in total. The number of nitrogens with zero attached hydrogens (tertiary/aromatic N) is 2. The Morgan fingerprint density at radius 1 is 1.28 bits per heavy atom. The molecule has 0 amide bonds. The summed E-state index contributed by atoms with van der Waals surface area (Å²) < 4.78 is 0. The second kappa shape index (κ2) is 6.28. The summed E-state index contributed by atoms with van der Waals surface area (Å²) in [5, 5.41) is 3.60. The highest BCUT2D eigenvalue weighted by atomic mass is 15.0. The highest BCUT2D eigenvalue weighted by molar-refractivity contribution is 5.05. The normalized spacial score (nSPS) is 30.1. The van der Waals surface area contributed by atoms with E-state index < -0.39 is 0 Å². The van der Waals surface area contributed by atoms with Gasteiger partial charge in [0.2, 0.25) is 0 Å². The Hall–Kier alpha value is -0.960. The van der Waals surface area contributed by atoms with E-state index in [-0.39, 0.29) is 0 Å². The van der Waals surface area contributed by atoms with Crippen LogP contribution in [0.4, 0.5) is 0 Å². The third kappa shape index (κ3) is 3.08. The molecule has 4 atom stereocenters. The van der Waals surface area contributed by atoms with E-state index in [1.165, 1.54) is 19.3 Å². The van der Waals surface area contributed by atoms with Gasteiger partial charge < -0.3 is 5.32 Å². The van der Waals surface area contributed by atoms with Crippen LogP contribution in [0, 0.1) is 17.8 Å². The van der Waals surface area contributed by atoms with Gasteiger partial charge in [0.1, 0.15) is 0 Å². The van der Waals surface area contributed by atoms with Crippen molar-refractivity contribution in [3.8, 4) is 0 Å². The van der Waals surface area contributed by atoms with Crippen LogP contribution in [0.15, 0.2) is 18.6 Å². The topological polar surface area (TPSA) is 37.8 Å². The van der Waals surface area contributed by atoms with Crippen molar-refractivity contribution in [3.63, 3.8) is 0 Å².